The molecule has 5 nitrogen and oxygen atoms in total. The van der Waals surface area contributed by atoms with Crippen LogP contribution < -0.4 is 16.0 Å². The minimum absolute atomic E-state index is 0.166. The van der Waals surface area contributed by atoms with Gasteiger partial charge in [0.2, 0.25) is 0 Å². The van der Waals surface area contributed by atoms with Crippen LogP contribution in [-0.4, -0.2) is 30.9 Å². The molecular weight excluding hydrogens is 346 g/mol. The number of fused-ring (bicyclic) bond motifs is 1. The third-order valence-corrected chi connectivity index (χ3v) is 5.45. The topological polar surface area (TPSA) is 70.2 Å². The standard InChI is InChI=1S/C20H25N3O2S/c1-3-21-13(2)12-22-19(25)17-9-10-26-20(17)23-18(24)16-8-7-14-5-4-6-15(14)11-16/h7-11,13,21H,3-6,12H2,1-2H3,(H,22,25)(H,23,24)/t13-/m1/s1. The fraction of sp³-hybridized carbons (Fsp3) is 0.400. The van der Waals surface area contributed by atoms with Crippen molar-refractivity contribution in [2.24, 2.45) is 0 Å². The SMILES string of the molecule is CCN[C@H](C)CNC(=O)c1ccsc1NC(=O)c1ccc2c(c1)CCC2. The maximum atomic E-state index is 12.6. The fourth-order valence-electron chi connectivity index (χ4n) is 3.23. The summed E-state index contributed by atoms with van der Waals surface area (Å²) in [7, 11) is 0. The molecular formula is C20H25N3O2S. The molecule has 2 amide bonds. The number of thiophene rings is 1. The van der Waals surface area contributed by atoms with E-state index in [1.807, 2.05) is 37.4 Å². The number of likely N-dealkylation sites (N-methyl/N-ethyl adjacent to an activating group) is 1. The molecule has 0 unspecified atom stereocenters. The van der Waals surface area contributed by atoms with E-state index >= 15 is 0 Å². The minimum Gasteiger partial charge on any atom is -0.350 e. The lowest BCUT2D eigenvalue weighted by atomic mass is 10.1. The van der Waals surface area contributed by atoms with E-state index < -0.39 is 0 Å². The molecule has 1 heterocycles. The lowest BCUT2D eigenvalue weighted by molar-refractivity contribution is 0.0951. The number of hydrogen-bond acceptors (Lipinski definition) is 4. The summed E-state index contributed by atoms with van der Waals surface area (Å²) in [5.41, 5.74) is 3.76. The summed E-state index contributed by atoms with van der Waals surface area (Å²) in [6, 6.07) is 7.83. The monoisotopic (exact) mass is 371 g/mol. The summed E-state index contributed by atoms with van der Waals surface area (Å²) in [4.78, 5) is 25.0. The van der Waals surface area contributed by atoms with Crippen molar-refractivity contribution in [3.8, 4) is 0 Å². The van der Waals surface area contributed by atoms with Crippen molar-refractivity contribution in [3.63, 3.8) is 0 Å². The first-order chi connectivity index (χ1) is 12.6. The van der Waals surface area contributed by atoms with Crippen LogP contribution in [0.4, 0.5) is 5.00 Å². The van der Waals surface area contributed by atoms with Crippen molar-refractivity contribution in [2.75, 3.05) is 18.4 Å². The first-order valence-electron chi connectivity index (χ1n) is 9.10. The smallest absolute Gasteiger partial charge is 0.256 e. The number of hydrogen-bond donors (Lipinski definition) is 3. The zero-order chi connectivity index (χ0) is 18.5. The number of benzene rings is 1. The Bertz CT molecular complexity index is 800. The van der Waals surface area contributed by atoms with Crippen LogP contribution >= 0.6 is 11.3 Å². The summed E-state index contributed by atoms with van der Waals surface area (Å²) in [5.74, 6) is -0.336. The van der Waals surface area contributed by atoms with Crippen molar-refractivity contribution < 1.29 is 9.59 Å². The van der Waals surface area contributed by atoms with Gasteiger partial charge in [0.05, 0.1) is 5.56 Å². The Kier molecular flexibility index (Phi) is 6.06. The van der Waals surface area contributed by atoms with E-state index in [1.165, 1.54) is 22.5 Å². The average molecular weight is 372 g/mol. The van der Waals surface area contributed by atoms with E-state index in [4.69, 9.17) is 0 Å². The van der Waals surface area contributed by atoms with E-state index in [0.29, 0.717) is 22.7 Å². The Morgan fingerprint density at radius 3 is 2.77 bits per heavy atom. The molecule has 0 saturated heterocycles. The van der Waals surface area contributed by atoms with Gasteiger partial charge in [0.1, 0.15) is 5.00 Å². The van der Waals surface area contributed by atoms with E-state index in [0.717, 1.165) is 25.8 Å². The van der Waals surface area contributed by atoms with Crippen molar-refractivity contribution in [1.29, 1.82) is 0 Å². The van der Waals surface area contributed by atoms with Gasteiger partial charge in [0.25, 0.3) is 11.8 Å². The van der Waals surface area contributed by atoms with Gasteiger partial charge in [-0.25, -0.2) is 0 Å². The molecule has 0 spiro atoms. The van der Waals surface area contributed by atoms with Crippen molar-refractivity contribution in [3.05, 3.63) is 51.9 Å². The molecule has 3 N–H and O–H groups in total. The molecule has 0 aliphatic heterocycles. The minimum atomic E-state index is -0.169. The Balaban J connectivity index is 1.65. The Labute approximate surface area is 158 Å². The molecule has 2 aromatic rings. The number of amides is 2. The van der Waals surface area contributed by atoms with Crippen LogP contribution in [0, 0.1) is 0 Å². The number of aryl methyl sites for hydroxylation is 2. The molecule has 1 atom stereocenters. The van der Waals surface area contributed by atoms with Gasteiger partial charge in [-0.2, -0.15) is 0 Å². The lowest BCUT2D eigenvalue weighted by Gasteiger charge is -2.13. The second-order valence-corrected chi connectivity index (χ2v) is 7.54. The van der Waals surface area contributed by atoms with E-state index in [-0.39, 0.29) is 17.9 Å². The summed E-state index contributed by atoms with van der Waals surface area (Å²) >= 11 is 1.36. The number of carbonyl (C=O) groups excluding carboxylic acids is 2. The normalized spacial score (nSPS) is 13.9. The van der Waals surface area contributed by atoms with Gasteiger partial charge in [-0.3, -0.25) is 9.59 Å². The average Bonchev–Trinajstić information content (AvgIpc) is 3.28. The molecule has 0 saturated carbocycles. The van der Waals surface area contributed by atoms with Gasteiger partial charge in [-0.1, -0.05) is 13.0 Å². The predicted molar refractivity (Wildman–Crippen MR) is 106 cm³/mol. The van der Waals surface area contributed by atoms with Crippen molar-refractivity contribution in [1.82, 2.24) is 10.6 Å². The van der Waals surface area contributed by atoms with Crippen molar-refractivity contribution in [2.45, 2.75) is 39.2 Å². The van der Waals surface area contributed by atoms with E-state index in [1.54, 1.807) is 6.07 Å². The summed E-state index contributed by atoms with van der Waals surface area (Å²) < 4.78 is 0. The van der Waals surface area contributed by atoms with E-state index in [2.05, 4.69) is 16.0 Å². The van der Waals surface area contributed by atoms with Crippen LogP contribution in [0.2, 0.25) is 0 Å². The highest BCUT2D eigenvalue weighted by atomic mass is 32.1. The molecule has 6 heteroatoms. The molecule has 138 valence electrons. The maximum Gasteiger partial charge on any atom is 0.256 e. The number of carbonyl (C=O) groups is 2. The van der Waals surface area contributed by atoms with Gasteiger partial charge in [0.15, 0.2) is 0 Å². The van der Waals surface area contributed by atoms with Crippen LogP contribution in [0.15, 0.2) is 29.6 Å². The van der Waals surface area contributed by atoms with Gasteiger partial charge in [0, 0.05) is 18.2 Å². The zero-order valence-electron chi connectivity index (χ0n) is 15.2. The second-order valence-electron chi connectivity index (χ2n) is 6.62. The third kappa shape index (κ3) is 4.31. The first kappa shape index (κ1) is 18.6. The Morgan fingerprint density at radius 2 is 1.96 bits per heavy atom. The molecule has 3 rings (SSSR count). The molecule has 1 aliphatic rings. The largest absolute Gasteiger partial charge is 0.350 e. The van der Waals surface area contributed by atoms with Gasteiger partial charge < -0.3 is 16.0 Å². The van der Waals surface area contributed by atoms with Gasteiger partial charge >= 0.3 is 0 Å². The Morgan fingerprint density at radius 1 is 1.15 bits per heavy atom. The van der Waals surface area contributed by atoms with Crippen molar-refractivity contribution >= 4 is 28.2 Å². The summed E-state index contributed by atoms with van der Waals surface area (Å²) in [5, 5.41) is 11.5. The lowest BCUT2D eigenvalue weighted by Crippen LogP contribution is -2.38. The van der Waals surface area contributed by atoms with Gasteiger partial charge in [-0.15, -0.1) is 11.3 Å². The van der Waals surface area contributed by atoms with Crippen LogP contribution in [0.1, 0.15) is 52.1 Å². The van der Waals surface area contributed by atoms with Crippen LogP contribution in [0.25, 0.3) is 0 Å². The predicted octanol–water partition coefficient (Wildman–Crippen LogP) is 3.22. The molecule has 0 bridgehead atoms. The van der Waals surface area contributed by atoms with Crippen LogP contribution in [0.5, 0.6) is 0 Å². The molecule has 26 heavy (non-hydrogen) atoms. The summed E-state index contributed by atoms with van der Waals surface area (Å²) in [6.07, 6.45) is 3.28. The fourth-order valence-corrected chi connectivity index (χ4v) is 4.01. The highest BCUT2D eigenvalue weighted by Gasteiger charge is 2.18. The number of nitrogens with one attached hydrogen (secondary N) is 3. The number of rotatable bonds is 7. The van der Waals surface area contributed by atoms with Gasteiger partial charge in [-0.05, 0) is 67.4 Å². The van der Waals surface area contributed by atoms with Crippen LogP contribution in [0.3, 0.4) is 0 Å². The molecule has 0 fully saturated rings. The molecule has 1 aromatic carbocycles. The first-order valence-corrected chi connectivity index (χ1v) is 9.98. The van der Waals surface area contributed by atoms with E-state index in [9.17, 15) is 9.59 Å². The highest BCUT2D eigenvalue weighted by molar-refractivity contribution is 7.14. The number of anilines is 1. The Hall–Kier alpha value is -2.18. The van der Waals surface area contributed by atoms with Crippen LogP contribution in [-0.2, 0) is 12.8 Å². The molecule has 1 aliphatic carbocycles. The molecule has 0 radical (unpaired) electrons. The zero-order valence-corrected chi connectivity index (χ0v) is 16.0. The molecule has 1 aromatic heterocycles. The maximum absolute atomic E-state index is 12.6. The third-order valence-electron chi connectivity index (χ3n) is 4.62. The quantitative estimate of drug-likeness (QED) is 0.700. The summed E-state index contributed by atoms with van der Waals surface area (Å²) in [6.45, 7) is 5.45. The second kappa shape index (κ2) is 8.47. The highest BCUT2D eigenvalue weighted by Crippen LogP contribution is 2.26.